The second-order valence-corrected chi connectivity index (χ2v) is 4.35. The van der Waals surface area contributed by atoms with Crippen molar-refractivity contribution in [1.82, 2.24) is 4.98 Å². The van der Waals surface area contributed by atoms with Crippen LogP contribution >= 0.6 is 0 Å². The summed E-state index contributed by atoms with van der Waals surface area (Å²) in [5, 5.41) is 10.1. The molecule has 0 aliphatic heterocycles. The zero-order chi connectivity index (χ0) is 11.1. The highest BCUT2D eigenvalue weighted by molar-refractivity contribution is 5.90. The number of H-pyrrole nitrogens is 1. The van der Waals surface area contributed by atoms with E-state index in [1.807, 2.05) is 12.1 Å². The number of aryl methyl sites for hydroxylation is 2. The number of hydrogen-bond acceptors (Lipinski definition) is 1. The van der Waals surface area contributed by atoms with Crippen molar-refractivity contribution in [3.05, 3.63) is 35.0 Å². The van der Waals surface area contributed by atoms with E-state index in [1.165, 1.54) is 23.1 Å². The lowest BCUT2D eigenvalue weighted by Crippen LogP contribution is -2.00. The Morgan fingerprint density at radius 2 is 2.25 bits per heavy atom. The third kappa shape index (κ3) is 1.32. The number of benzene rings is 1. The van der Waals surface area contributed by atoms with Gasteiger partial charge in [0, 0.05) is 16.6 Å². The molecule has 0 bridgehead atoms. The molecule has 0 saturated heterocycles. The second kappa shape index (κ2) is 3.37. The molecule has 3 rings (SSSR count). The van der Waals surface area contributed by atoms with Crippen molar-refractivity contribution in [2.75, 3.05) is 0 Å². The van der Waals surface area contributed by atoms with Crippen LogP contribution in [0.3, 0.4) is 0 Å². The minimum Gasteiger partial charge on any atom is -0.481 e. The normalized spacial score (nSPS) is 14.2. The van der Waals surface area contributed by atoms with E-state index in [-0.39, 0.29) is 6.42 Å². The lowest BCUT2D eigenvalue weighted by molar-refractivity contribution is -0.136. The van der Waals surface area contributed by atoms with E-state index >= 15 is 0 Å². The maximum Gasteiger partial charge on any atom is 0.307 e. The summed E-state index contributed by atoms with van der Waals surface area (Å²) >= 11 is 0. The highest BCUT2D eigenvalue weighted by Crippen LogP contribution is 2.31. The molecule has 1 aliphatic rings. The van der Waals surface area contributed by atoms with Crippen molar-refractivity contribution in [1.29, 1.82) is 0 Å². The average molecular weight is 215 g/mol. The monoisotopic (exact) mass is 215 g/mol. The second-order valence-electron chi connectivity index (χ2n) is 4.35. The molecule has 0 unspecified atom stereocenters. The van der Waals surface area contributed by atoms with Crippen LogP contribution in [0.2, 0.25) is 0 Å². The van der Waals surface area contributed by atoms with E-state index in [0.29, 0.717) is 0 Å². The van der Waals surface area contributed by atoms with Gasteiger partial charge in [-0.2, -0.15) is 0 Å². The third-order valence-corrected chi connectivity index (χ3v) is 3.31. The van der Waals surface area contributed by atoms with Crippen molar-refractivity contribution in [3.8, 4) is 0 Å². The van der Waals surface area contributed by atoms with Gasteiger partial charge in [0.15, 0.2) is 0 Å². The van der Waals surface area contributed by atoms with E-state index in [9.17, 15) is 4.79 Å². The number of fused-ring (bicyclic) bond motifs is 3. The van der Waals surface area contributed by atoms with Crippen molar-refractivity contribution in [3.63, 3.8) is 0 Å². The molecule has 16 heavy (non-hydrogen) atoms. The predicted octanol–water partition coefficient (Wildman–Crippen LogP) is 2.28. The van der Waals surface area contributed by atoms with E-state index < -0.39 is 5.97 Å². The summed E-state index contributed by atoms with van der Waals surface area (Å²) in [5.41, 5.74) is 4.60. The number of para-hydroxylation sites is 1. The topological polar surface area (TPSA) is 53.1 Å². The molecule has 3 heteroatoms. The van der Waals surface area contributed by atoms with Gasteiger partial charge in [0.2, 0.25) is 0 Å². The Morgan fingerprint density at radius 3 is 3.06 bits per heavy atom. The molecule has 1 aliphatic carbocycles. The van der Waals surface area contributed by atoms with Crippen LogP contribution in [0.15, 0.2) is 18.2 Å². The summed E-state index contributed by atoms with van der Waals surface area (Å²) in [6.45, 7) is 0. The Balaban J connectivity index is 2.20. The average Bonchev–Trinajstić information content (AvgIpc) is 2.77. The number of carboxylic acids is 1. The fourth-order valence-electron chi connectivity index (χ4n) is 2.64. The molecule has 0 spiro atoms. The van der Waals surface area contributed by atoms with Crippen molar-refractivity contribution in [2.24, 2.45) is 0 Å². The summed E-state index contributed by atoms with van der Waals surface area (Å²) in [7, 11) is 0. The zero-order valence-corrected chi connectivity index (χ0v) is 8.92. The highest BCUT2D eigenvalue weighted by Gasteiger charge is 2.18. The van der Waals surface area contributed by atoms with Gasteiger partial charge in [0.25, 0.3) is 0 Å². The molecule has 0 saturated carbocycles. The van der Waals surface area contributed by atoms with E-state index in [2.05, 4.69) is 11.1 Å². The van der Waals surface area contributed by atoms with Gasteiger partial charge in [0.1, 0.15) is 0 Å². The highest BCUT2D eigenvalue weighted by atomic mass is 16.4. The minimum atomic E-state index is -0.776. The van der Waals surface area contributed by atoms with Gasteiger partial charge in [-0.25, -0.2) is 0 Å². The van der Waals surface area contributed by atoms with Crippen LogP contribution in [0, 0.1) is 0 Å². The number of hydrogen-bond donors (Lipinski definition) is 2. The first kappa shape index (κ1) is 9.46. The van der Waals surface area contributed by atoms with Gasteiger partial charge in [-0.1, -0.05) is 18.2 Å². The molecule has 0 radical (unpaired) electrons. The Bertz CT molecular complexity index is 569. The van der Waals surface area contributed by atoms with Crippen LogP contribution < -0.4 is 0 Å². The Kier molecular flexibility index (Phi) is 1.99. The molecule has 0 fully saturated rings. The molecule has 1 aromatic heterocycles. The van der Waals surface area contributed by atoms with E-state index in [0.717, 1.165) is 23.9 Å². The van der Waals surface area contributed by atoms with Gasteiger partial charge in [0.05, 0.1) is 6.42 Å². The maximum absolute atomic E-state index is 10.8. The molecule has 82 valence electrons. The molecule has 3 nitrogen and oxygen atoms in total. The largest absolute Gasteiger partial charge is 0.481 e. The Hall–Kier alpha value is -1.77. The number of carbonyl (C=O) groups is 1. The molecule has 0 atom stereocenters. The van der Waals surface area contributed by atoms with E-state index in [4.69, 9.17) is 5.11 Å². The molecular weight excluding hydrogens is 202 g/mol. The number of carboxylic acid groups (broad SMARTS) is 1. The predicted molar refractivity (Wildman–Crippen MR) is 61.7 cm³/mol. The summed E-state index contributed by atoms with van der Waals surface area (Å²) in [6.07, 6.45) is 3.51. The number of nitrogens with one attached hydrogen (secondary N) is 1. The Morgan fingerprint density at radius 1 is 1.38 bits per heavy atom. The molecule has 2 N–H and O–H groups in total. The van der Waals surface area contributed by atoms with Crippen molar-refractivity contribution in [2.45, 2.75) is 25.7 Å². The summed E-state index contributed by atoms with van der Waals surface area (Å²) < 4.78 is 0. The van der Waals surface area contributed by atoms with Crippen LogP contribution in [-0.4, -0.2) is 16.1 Å². The van der Waals surface area contributed by atoms with Crippen molar-refractivity contribution >= 4 is 16.9 Å². The smallest absolute Gasteiger partial charge is 0.307 e. The van der Waals surface area contributed by atoms with Gasteiger partial charge in [-0.15, -0.1) is 0 Å². The SMILES string of the molecule is O=C(O)Cc1cccc2c3c([nH]c12)CCC3. The summed E-state index contributed by atoms with van der Waals surface area (Å²) in [5.74, 6) is -0.776. The van der Waals surface area contributed by atoms with Crippen LogP contribution in [0.1, 0.15) is 23.2 Å². The first-order valence-electron chi connectivity index (χ1n) is 5.59. The fraction of sp³-hybridized carbons (Fsp3) is 0.308. The number of aromatic nitrogens is 1. The van der Waals surface area contributed by atoms with Gasteiger partial charge < -0.3 is 10.1 Å². The fourth-order valence-corrected chi connectivity index (χ4v) is 2.64. The number of aliphatic carboxylic acids is 1. The molecular formula is C13H13NO2. The van der Waals surface area contributed by atoms with Crippen LogP contribution in [0.4, 0.5) is 0 Å². The van der Waals surface area contributed by atoms with E-state index in [1.54, 1.807) is 0 Å². The van der Waals surface area contributed by atoms with Crippen LogP contribution in [-0.2, 0) is 24.1 Å². The number of aromatic amines is 1. The van der Waals surface area contributed by atoms with Gasteiger partial charge in [-0.05, 0) is 30.4 Å². The Labute approximate surface area is 93.1 Å². The molecule has 2 aromatic rings. The maximum atomic E-state index is 10.8. The van der Waals surface area contributed by atoms with Gasteiger partial charge in [-0.3, -0.25) is 4.79 Å². The van der Waals surface area contributed by atoms with Gasteiger partial charge >= 0.3 is 5.97 Å². The van der Waals surface area contributed by atoms with Crippen molar-refractivity contribution < 1.29 is 9.90 Å². The van der Waals surface area contributed by atoms with Crippen LogP contribution in [0.25, 0.3) is 10.9 Å². The first-order chi connectivity index (χ1) is 7.75. The molecule has 1 aromatic carbocycles. The molecule has 1 heterocycles. The minimum absolute atomic E-state index is 0.0940. The lowest BCUT2D eigenvalue weighted by atomic mass is 10.1. The number of rotatable bonds is 2. The first-order valence-corrected chi connectivity index (χ1v) is 5.59. The third-order valence-electron chi connectivity index (χ3n) is 3.31. The summed E-state index contributed by atoms with van der Waals surface area (Å²) in [4.78, 5) is 14.2. The summed E-state index contributed by atoms with van der Waals surface area (Å²) in [6, 6.07) is 5.93. The van der Waals surface area contributed by atoms with Crippen LogP contribution in [0.5, 0.6) is 0 Å². The molecule has 0 amide bonds. The lowest BCUT2D eigenvalue weighted by Gasteiger charge is -2.00. The zero-order valence-electron chi connectivity index (χ0n) is 8.92. The standard InChI is InChI=1S/C13H13NO2/c15-12(16)7-8-3-1-5-10-9-4-2-6-11(9)14-13(8)10/h1,3,5,14H,2,4,6-7H2,(H,15,16). The quantitative estimate of drug-likeness (QED) is 0.807.